The molecule has 0 aromatic heterocycles. The van der Waals surface area contributed by atoms with Crippen molar-refractivity contribution in [2.75, 3.05) is 16.8 Å². The molecule has 170 valence electrons. The molecule has 0 atom stereocenters. The van der Waals surface area contributed by atoms with Crippen LogP contribution in [0.3, 0.4) is 0 Å². The number of benzene rings is 3. The highest BCUT2D eigenvalue weighted by Crippen LogP contribution is 2.29. The summed E-state index contributed by atoms with van der Waals surface area (Å²) in [5.41, 5.74) is 0.846. The standard InChI is InChI=1S/C25H17FN2O6/c1-14(29)18-4-2-3-5-21(18)27-22(30)13-34-25(33)15-6-11-19-20(12-15)24(32)28(23(19)31)17-9-7-16(26)8-10-17/h2-12H,13H2,1H3,(H,27,30). The van der Waals surface area contributed by atoms with Gasteiger partial charge in [0, 0.05) is 5.56 Å². The SMILES string of the molecule is CC(=O)c1ccccc1NC(=O)COC(=O)c1ccc2c(c1)C(=O)N(c1ccc(F)cc1)C2=O. The molecule has 0 spiro atoms. The molecule has 1 aliphatic rings. The summed E-state index contributed by atoms with van der Waals surface area (Å²) in [6, 6.07) is 15.1. The van der Waals surface area contributed by atoms with Crippen molar-refractivity contribution in [2.45, 2.75) is 6.92 Å². The Bertz CT molecular complexity index is 1350. The number of amides is 3. The predicted octanol–water partition coefficient (Wildman–Crippen LogP) is 3.62. The zero-order chi connectivity index (χ0) is 24.4. The fraction of sp³-hybridized carbons (Fsp3) is 0.0800. The van der Waals surface area contributed by atoms with Gasteiger partial charge in [0.1, 0.15) is 5.82 Å². The Kier molecular flexibility index (Phi) is 6.01. The lowest BCUT2D eigenvalue weighted by Crippen LogP contribution is -2.29. The van der Waals surface area contributed by atoms with Crippen LogP contribution in [-0.4, -0.2) is 36.1 Å². The second-order valence-corrected chi connectivity index (χ2v) is 7.41. The summed E-state index contributed by atoms with van der Waals surface area (Å²) in [6.45, 7) is 0.735. The van der Waals surface area contributed by atoms with Gasteiger partial charge in [-0.25, -0.2) is 14.1 Å². The number of nitrogens with one attached hydrogen (secondary N) is 1. The molecule has 4 rings (SSSR count). The maximum absolute atomic E-state index is 13.2. The first-order chi connectivity index (χ1) is 16.3. The van der Waals surface area contributed by atoms with Crippen molar-refractivity contribution in [3.05, 3.63) is 94.8 Å². The van der Waals surface area contributed by atoms with Gasteiger partial charge >= 0.3 is 5.97 Å². The van der Waals surface area contributed by atoms with Crippen molar-refractivity contribution in [2.24, 2.45) is 0 Å². The first kappa shape index (κ1) is 22.5. The maximum Gasteiger partial charge on any atom is 0.338 e. The van der Waals surface area contributed by atoms with Crippen molar-refractivity contribution in [3.8, 4) is 0 Å². The van der Waals surface area contributed by atoms with E-state index in [1.54, 1.807) is 24.3 Å². The van der Waals surface area contributed by atoms with E-state index >= 15 is 0 Å². The molecule has 3 amide bonds. The minimum atomic E-state index is -0.877. The van der Waals surface area contributed by atoms with Crippen LogP contribution in [0, 0.1) is 5.82 Å². The topological polar surface area (TPSA) is 110 Å². The van der Waals surface area contributed by atoms with Crippen LogP contribution in [0.4, 0.5) is 15.8 Å². The third kappa shape index (κ3) is 4.31. The van der Waals surface area contributed by atoms with Crippen LogP contribution in [0.5, 0.6) is 0 Å². The predicted molar refractivity (Wildman–Crippen MR) is 119 cm³/mol. The van der Waals surface area contributed by atoms with Gasteiger partial charge in [0.15, 0.2) is 12.4 Å². The van der Waals surface area contributed by atoms with Gasteiger partial charge in [0.25, 0.3) is 17.7 Å². The number of imide groups is 1. The summed E-state index contributed by atoms with van der Waals surface area (Å²) in [5, 5.41) is 2.51. The number of fused-ring (bicyclic) bond motifs is 1. The average Bonchev–Trinajstić information content (AvgIpc) is 3.07. The van der Waals surface area contributed by atoms with Gasteiger partial charge < -0.3 is 10.1 Å². The lowest BCUT2D eigenvalue weighted by Gasteiger charge is -2.13. The summed E-state index contributed by atoms with van der Waals surface area (Å²) in [4.78, 5) is 62.6. The molecule has 3 aromatic rings. The number of para-hydroxylation sites is 1. The van der Waals surface area contributed by atoms with Crippen LogP contribution >= 0.6 is 0 Å². The van der Waals surface area contributed by atoms with Gasteiger partial charge in [0.2, 0.25) is 0 Å². The molecule has 0 fully saturated rings. The quantitative estimate of drug-likeness (QED) is 0.342. The first-order valence-corrected chi connectivity index (χ1v) is 10.1. The van der Waals surface area contributed by atoms with Crippen LogP contribution < -0.4 is 10.2 Å². The molecule has 0 radical (unpaired) electrons. The molecule has 1 N–H and O–H groups in total. The number of rotatable bonds is 6. The van der Waals surface area contributed by atoms with Crippen LogP contribution in [0.15, 0.2) is 66.7 Å². The molecule has 8 nitrogen and oxygen atoms in total. The van der Waals surface area contributed by atoms with Crippen molar-refractivity contribution < 1.29 is 33.1 Å². The number of carbonyl (C=O) groups excluding carboxylic acids is 5. The number of halogens is 1. The largest absolute Gasteiger partial charge is 0.452 e. The molecule has 1 heterocycles. The zero-order valence-electron chi connectivity index (χ0n) is 17.8. The van der Waals surface area contributed by atoms with Crippen molar-refractivity contribution >= 4 is 40.8 Å². The van der Waals surface area contributed by atoms with E-state index < -0.39 is 36.1 Å². The fourth-order valence-corrected chi connectivity index (χ4v) is 3.49. The number of carbonyl (C=O) groups is 5. The van der Waals surface area contributed by atoms with E-state index in [9.17, 15) is 28.4 Å². The van der Waals surface area contributed by atoms with Crippen LogP contribution in [0.25, 0.3) is 0 Å². The van der Waals surface area contributed by atoms with Crippen molar-refractivity contribution in [3.63, 3.8) is 0 Å². The number of hydrogen-bond donors (Lipinski definition) is 1. The molecule has 0 unspecified atom stereocenters. The monoisotopic (exact) mass is 460 g/mol. The van der Waals surface area contributed by atoms with Crippen LogP contribution in [0.2, 0.25) is 0 Å². The summed E-state index contributed by atoms with van der Waals surface area (Å²) in [7, 11) is 0. The fourth-order valence-electron chi connectivity index (χ4n) is 3.49. The molecule has 0 saturated carbocycles. The van der Waals surface area contributed by atoms with E-state index in [-0.39, 0.29) is 28.2 Å². The number of Topliss-reactive ketones (excluding diaryl/α,β-unsaturated/α-hetero) is 1. The number of nitrogens with zero attached hydrogens (tertiary/aromatic N) is 1. The Morgan fingerprint density at radius 2 is 1.59 bits per heavy atom. The number of ketones is 1. The third-order valence-corrected chi connectivity index (χ3v) is 5.12. The van der Waals surface area contributed by atoms with Gasteiger partial charge in [-0.2, -0.15) is 0 Å². The maximum atomic E-state index is 13.2. The molecular weight excluding hydrogens is 443 g/mol. The first-order valence-electron chi connectivity index (χ1n) is 10.1. The van der Waals surface area contributed by atoms with Gasteiger partial charge in [-0.1, -0.05) is 12.1 Å². The number of hydrogen-bond acceptors (Lipinski definition) is 6. The minimum absolute atomic E-state index is 0.0105. The number of anilines is 2. The minimum Gasteiger partial charge on any atom is -0.452 e. The molecule has 0 aliphatic carbocycles. The Morgan fingerprint density at radius 1 is 0.912 bits per heavy atom. The number of ether oxygens (including phenoxy) is 1. The van der Waals surface area contributed by atoms with Crippen molar-refractivity contribution in [1.82, 2.24) is 0 Å². The van der Waals surface area contributed by atoms with E-state index in [1.807, 2.05) is 0 Å². The molecule has 3 aromatic carbocycles. The Balaban J connectivity index is 1.45. The van der Waals surface area contributed by atoms with Crippen LogP contribution in [0.1, 0.15) is 48.4 Å². The summed E-state index contributed by atoms with van der Waals surface area (Å²) >= 11 is 0. The lowest BCUT2D eigenvalue weighted by molar-refractivity contribution is -0.119. The number of esters is 1. The van der Waals surface area contributed by atoms with Crippen LogP contribution in [-0.2, 0) is 9.53 Å². The van der Waals surface area contributed by atoms with E-state index in [2.05, 4.69) is 5.32 Å². The summed E-state index contributed by atoms with van der Waals surface area (Å²) in [6.07, 6.45) is 0. The normalized spacial score (nSPS) is 12.4. The highest BCUT2D eigenvalue weighted by Gasteiger charge is 2.37. The van der Waals surface area contributed by atoms with Gasteiger partial charge in [-0.15, -0.1) is 0 Å². The zero-order valence-corrected chi connectivity index (χ0v) is 17.8. The third-order valence-electron chi connectivity index (χ3n) is 5.12. The molecule has 0 bridgehead atoms. The molecule has 0 saturated heterocycles. The van der Waals surface area contributed by atoms with E-state index in [0.29, 0.717) is 11.3 Å². The Labute approximate surface area is 192 Å². The lowest BCUT2D eigenvalue weighted by atomic mass is 10.1. The second kappa shape index (κ2) is 9.07. The van der Waals surface area contributed by atoms with E-state index in [0.717, 1.165) is 17.0 Å². The molecule has 34 heavy (non-hydrogen) atoms. The van der Waals surface area contributed by atoms with Crippen molar-refractivity contribution in [1.29, 1.82) is 0 Å². The molecule has 1 aliphatic heterocycles. The van der Waals surface area contributed by atoms with Gasteiger partial charge in [-0.05, 0) is 61.5 Å². The Morgan fingerprint density at radius 3 is 2.29 bits per heavy atom. The summed E-state index contributed by atoms with van der Waals surface area (Å²) in [5.74, 6) is -3.55. The summed E-state index contributed by atoms with van der Waals surface area (Å²) < 4.78 is 18.2. The van der Waals surface area contributed by atoms with E-state index in [4.69, 9.17) is 4.74 Å². The average molecular weight is 460 g/mol. The Hall–Kier alpha value is -4.66. The van der Waals surface area contributed by atoms with Gasteiger partial charge in [-0.3, -0.25) is 19.2 Å². The smallest absolute Gasteiger partial charge is 0.338 e. The van der Waals surface area contributed by atoms with Gasteiger partial charge in [0.05, 0.1) is 28.1 Å². The highest BCUT2D eigenvalue weighted by atomic mass is 19.1. The molecular formula is C25H17FN2O6. The second-order valence-electron chi connectivity index (χ2n) is 7.41. The van der Waals surface area contributed by atoms with E-state index in [1.165, 1.54) is 37.3 Å². The molecule has 9 heteroatoms. The highest BCUT2D eigenvalue weighted by molar-refractivity contribution is 6.34.